The number of carbonyl (C=O) groups is 2. The lowest BCUT2D eigenvalue weighted by atomic mass is 10.2. The fourth-order valence-corrected chi connectivity index (χ4v) is 1.27. The van der Waals surface area contributed by atoms with Gasteiger partial charge in [0, 0.05) is 17.3 Å². The molecule has 0 heterocycles. The van der Waals surface area contributed by atoms with E-state index in [1.54, 1.807) is 31.2 Å². The van der Waals surface area contributed by atoms with Crippen LogP contribution in [0.2, 0.25) is 0 Å². The molecule has 2 amide bonds. The van der Waals surface area contributed by atoms with Gasteiger partial charge in [0.15, 0.2) is 0 Å². The first-order valence-corrected chi connectivity index (χ1v) is 5.57. The molecule has 0 aromatic heterocycles. The first kappa shape index (κ1) is 14.0. The van der Waals surface area contributed by atoms with Gasteiger partial charge >= 0.3 is 0 Å². The highest BCUT2D eigenvalue weighted by Crippen LogP contribution is 2.04. The maximum Gasteiger partial charge on any atom is 0.251 e. The summed E-state index contributed by atoms with van der Waals surface area (Å²) >= 11 is 0. The number of hydrogen-bond donors (Lipinski definition) is 4. The lowest BCUT2D eigenvalue weighted by Gasteiger charge is -2.11. The number of nitrogens with one attached hydrogen (secondary N) is 2. The average molecular weight is 251 g/mol. The minimum Gasteiger partial charge on any atom is -0.399 e. The third kappa shape index (κ3) is 4.42. The molecule has 0 fully saturated rings. The number of carbonyl (C=O) groups excluding carboxylic acids is 2. The van der Waals surface area contributed by atoms with Gasteiger partial charge in [0.2, 0.25) is 5.91 Å². The Morgan fingerprint density at radius 3 is 2.50 bits per heavy atom. The molecule has 0 saturated carbocycles. The fraction of sp³-hybridized carbons (Fsp3) is 0.333. The zero-order valence-electron chi connectivity index (χ0n) is 10.1. The van der Waals surface area contributed by atoms with Crippen molar-refractivity contribution in [2.24, 2.45) is 0 Å². The van der Waals surface area contributed by atoms with E-state index in [0.717, 1.165) is 0 Å². The summed E-state index contributed by atoms with van der Waals surface area (Å²) in [5.74, 6) is -0.692. The van der Waals surface area contributed by atoms with Crippen LogP contribution in [0.5, 0.6) is 0 Å². The number of benzene rings is 1. The molecule has 0 bridgehead atoms. The standard InChI is InChI=1S/C12H17N3O3/c1-8(7-16)15-11(17)6-14-12(18)9-2-4-10(13)5-3-9/h2-5,8,16H,6-7,13H2,1H3,(H,14,18)(H,15,17)/t8-/m0/s1. The topological polar surface area (TPSA) is 104 Å². The van der Waals surface area contributed by atoms with Crippen LogP contribution in [-0.4, -0.2) is 36.1 Å². The van der Waals surface area contributed by atoms with Crippen LogP contribution in [0.3, 0.4) is 0 Å². The molecule has 98 valence electrons. The minimum absolute atomic E-state index is 0.131. The molecule has 18 heavy (non-hydrogen) atoms. The largest absolute Gasteiger partial charge is 0.399 e. The van der Waals surface area contributed by atoms with Gasteiger partial charge in [0.1, 0.15) is 0 Å². The maximum atomic E-state index is 11.6. The zero-order valence-corrected chi connectivity index (χ0v) is 10.1. The molecule has 5 N–H and O–H groups in total. The van der Waals surface area contributed by atoms with Crippen molar-refractivity contribution in [2.75, 3.05) is 18.9 Å². The SMILES string of the molecule is C[C@@H](CO)NC(=O)CNC(=O)c1ccc(N)cc1. The second-order valence-electron chi connectivity index (χ2n) is 3.96. The Morgan fingerprint density at radius 2 is 1.94 bits per heavy atom. The van der Waals surface area contributed by atoms with E-state index in [1.165, 1.54) is 0 Å². The molecule has 1 aromatic carbocycles. The molecular weight excluding hydrogens is 234 g/mol. The lowest BCUT2D eigenvalue weighted by Crippen LogP contribution is -2.42. The number of anilines is 1. The first-order valence-electron chi connectivity index (χ1n) is 5.57. The van der Waals surface area contributed by atoms with Gasteiger partial charge in [-0.2, -0.15) is 0 Å². The summed E-state index contributed by atoms with van der Waals surface area (Å²) in [6, 6.07) is 6.06. The predicted octanol–water partition coefficient (Wildman–Crippen LogP) is -0.504. The number of nitrogen functional groups attached to an aromatic ring is 1. The highest BCUT2D eigenvalue weighted by Gasteiger charge is 2.09. The van der Waals surface area contributed by atoms with Crippen LogP contribution in [-0.2, 0) is 4.79 Å². The van der Waals surface area contributed by atoms with Crippen molar-refractivity contribution in [2.45, 2.75) is 13.0 Å². The second kappa shape index (κ2) is 6.61. The summed E-state index contributed by atoms with van der Waals surface area (Å²) in [4.78, 5) is 23.0. The molecule has 0 aliphatic heterocycles. The van der Waals surface area contributed by atoms with Gasteiger partial charge in [-0.15, -0.1) is 0 Å². The molecule has 0 saturated heterocycles. The molecule has 0 spiro atoms. The Morgan fingerprint density at radius 1 is 1.33 bits per heavy atom. The summed E-state index contributed by atoms with van der Waals surface area (Å²) in [6.45, 7) is 1.39. The lowest BCUT2D eigenvalue weighted by molar-refractivity contribution is -0.121. The second-order valence-corrected chi connectivity index (χ2v) is 3.96. The average Bonchev–Trinajstić information content (AvgIpc) is 2.36. The third-order valence-corrected chi connectivity index (χ3v) is 2.26. The number of hydrogen-bond acceptors (Lipinski definition) is 4. The molecule has 0 radical (unpaired) electrons. The normalized spacial score (nSPS) is 11.7. The van der Waals surface area contributed by atoms with Crippen LogP contribution in [0.15, 0.2) is 24.3 Å². The number of nitrogens with two attached hydrogens (primary N) is 1. The van der Waals surface area contributed by atoms with Crippen LogP contribution in [0, 0.1) is 0 Å². The van der Waals surface area contributed by atoms with E-state index in [4.69, 9.17) is 10.8 Å². The van der Waals surface area contributed by atoms with E-state index in [-0.39, 0.29) is 31.0 Å². The molecular formula is C12H17N3O3. The molecule has 1 aromatic rings. The Labute approximate surface area is 105 Å². The summed E-state index contributed by atoms with van der Waals surface area (Å²) in [5, 5.41) is 13.7. The molecule has 0 unspecified atom stereocenters. The predicted molar refractivity (Wildman–Crippen MR) is 67.9 cm³/mol. The zero-order chi connectivity index (χ0) is 13.5. The van der Waals surface area contributed by atoms with E-state index < -0.39 is 0 Å². The Hall–Kier alpha value is -2.08. The molecule has 1 atom stereocenters. The highest BCUT2D eigenvalue weighted by molar-refractivity contribution is 5.96. The number of rotatable bonds is 5. The van der Waals surface area contributed by atoms with Gasteiger partial charge in [-0.05, 0) is 31.2 Å². The highest BCUT2D eigenvalue weighted by atomic mass is 16.3. The molecule has 0 aliphatic rings. The van der Waals surface area contributed by atoms with Crippen molar-refractivity contribution in [1.82, 2.24) is 10.6 Å². The van der Waals surface area contributed by atoms with Gasteiger partial charge in [-0.25, -0.2) is 0 Å². The van der Waals surface area contributed by atoms with E-state index in [1.807, 2.05) is 0 Å². The Bertz CT molecular complexity index is 417. The summed E-state index contributed by atoms with van der Waals surface area (Å²) in [7, 11) is 0. The quantitative estimate of drug-likeness (QED) is 0.529. The monoisotopic (exact) mass is 251 g/mol. The van der Waals surface area contributed by atoms with Crippen LogP contribution in [0.25, 0.3) is 0 Å². The van der Waals surface area contributed by atoms with Gasteiger partial charge in [0.05, 0.1) is 13.2 Å². The van der Waals surface area contributed by atoms with E-state index >= 15 is 0 Å². The first-order chi connectivity index (χ1) is 8.52. The van der Waals surface area contributed by atoms with E-state index in [0.29, 0.717) is 11.3 Å². The number of aliphatic hydroxyl groups excluding tert-OH is 1. The van der Waals surface area contributed by atoms with Crippen molar-refractivity contribution < 1.29 is 14.7 Å². The molecule has 0 aliphatic carbocycles. The molecule has 6 heteroatoms. The van der Waals surface area contributed by atoms with E-state index in [9.17, 15) is 9.59 Å². The van der Waals surface area contributed by atoms with Crippen molar-refractivity contribution in [1.29, 1.82) is 0 Å². The summed E-state index contributed by atoms with van der Waals surface area (Å²) < 4.78 is 0. The maximum absolute atomic E-state index is 11.6. The van der Waals surface area contributed by atoms with Crippen LogP contribution in [0.1, 0.15) is 17.3 Å². The Balaban J connectivity index is 2.41. The van der Waals surface area contributed by atoms with Crippen molar-refractivity contribution in [3.05, 3.63) is 29.8 Å². The Kier molecular flexibility index (Phi) is 5.13. The number of aliphatic hydroxyl groups is 1. The fourth-order valence-electron chi connectivity index (χ4n) is 1.27. The van der Waals surface area contributed by atoms with Gasteiger partial charge in [0.25, 0.3) is 5.91 Å². The van der Waals surface area contributed by atoms with Gasteiger partial charge in [-0.3, -0.25) is 9.59 Å². The van der Waals surface area contributed by atoms with Crippen LogP contribution < -0.4 is 16.4 Å². The van der Waals surface area contributed by atoms with Crippen molar-refractivity contribution in [3.63, 3.8) is 0 Å². The van der Waals surface area contributed by atoms with E-state index in [2.05, 4.69) is 10.6 Å². The minimum atomic E-state index is -0.347. The van der Waals surface area contributed by atoms with Crippen LogP contribution >= 0.6 is 0 Å². The third-order valence-electron chi connectivity index (χ3n) is 2.26. The van der Waals surface area contributed by atoms with Crippen LogP contribution in [0.4, 0.5) is 5.69 Å². The molecule has 6 nitrogen and oxygen atoms in total. The van der Waals surface area contributed by atoms with Gasteiger partial charge in [-0.1, -0.05) is 0 Å². The summed E-state index contributed by atoms with van der Waals surface area (Å²) in [5.41, 5.74) is 6.51. The van der Waals surface area contributed by atoms with Gasteiger partial charge < -0.3 is 21.5 Å². The molecule has 1 rings (SSSR count). The smallest absolute Gasteiger partial charge is 0.251 e. The summed E-state index contributed by atoms with van der Waals surface area (Å²) in [6.07, 6.45) is 0. The van der Waals surface area contributed by atoms with Crippen molar-refractivity contribution >= 4 is 17.5 Å². The number of amides is 2. The van der Waals surface area contributed by atoms with Crippen molar-refractivity contribution in [3.8, 4) is 0 Å².